The Bertz CT molecular complexity index is 803. The number of hydrogen-bond acceptors (Lipinski definition) is 5. The van der Waals surface area contributed by atoms with Crippen LogP contribution in [0.4, 0.5) is 0 Å². The second-order valence-electron chi connectivity index (χ2n) is 4.43. The van der Waals surface area contributed by atoms with Crippen molar-refractivity contribution in [3.8, 4) is 5.82 Å². The normalized spacial score (nSPS) is 11.1. The molecular weight excluding hydrogens is 260 g/mol. The molecule has 0 aliphatic rings. The van der Waals surface area contributed by atoms with Crippen LogP contribution in [0.15, 0.2) is 12.7 Å². The fraction of sp³-hybridized carbons (Fsp3) is 0.250. The van der Waals surface area contributed by atoms with E-state index in [4.69, 9.17) is 5.11 Å². The minimum absolute atomic E-state index is 0.0606. The lowest BCUT2D eigenvalue weighted by molar-refractivity contribution is -0.136. The third kappa shape index (κ3) is 1.81. The van der Waals surface area contributed by atoms with Crippen LogP contribution in [0.1, 0.15) is 17.0 Å². The zero-order valence-electron chi connectivity index (χ0n) is 11.0. The molecule has 0 amide bonds. The van der Waals surface area contributed by atoms with Gasteiger partial charge in [0.05, 0.1) is 18.4 Å². The molecule has 3 rings (SSSR count). The van der Waals surface area contributed by atoms with Crippen LogP contribution in [0, 0.1) is 13.8 Å². The maximum Gasteiger partial charge on any atom is 0.307 e. The Balaban J connectivity index is 2.20. The minimum Gasteiger partial charge on any atom is -0.481 e. The first kappa shape index (κ1) is 12.3. The van der Waals surface area contributed by atoms with Gasteiger partial charge >= 0.3 is 5.97 Å². The maximum absolute atomic E-state index is 10.9. The summed E-state index contributed by atoms with van der Waals surface area (Å²) >= 11 is 0. The SMILES string of the molecule is Cc1nn(-c2ncnc3nc[nH]c23)c(C)c1CC(=O)O. The molecule has 0 aliphatic carbocycles. The second kappa shape index (κ2) is 4.41. The van der Waals surface area contributed by atoms with E-state index in [0.717, 1.165) is 5.69 Å². The number of carboxylic acids is 1. The van der Waals surface area contributed by atoms with Gasteiger partial charge in [0.25, 0.3) is 0 Å². The van der Waals surface area contributed by atoms with E-state index in [0.29, 0.717) is 28.2 Å². The summed E-state index contributed by atoms with van der Waals surface area (Å²) in [5, 5.41) is 13.3. The molecule has 0 unspecified atom stereocenters. The number of nitrogens with one attached hydrogen (secondary N) is 1. The van der Waals surface area contributed by atoms with Crippen LogP contribution in [0.2, 0.25) is 0 Å². The molecule has 0 saturated heterocycles. The molecule has 0 fully saturated rings. The van der Waals surface area contributed by atoms with Gasteiger partial charge in [-0.05, 0) is 13.8 Å². The summed E-state index contributed by atoms with van der Waals surface area (Å²) in [7, 11) is 0. The van der Waals surface area contributed by atoms with Crippen LogP contribution >= 0.6 is 0 Å². The lowest BCUT2D eigenvalue weighted by Gasteiger charge is -2.04. The standard InChI is InChI=1S/C12H12N6O2/c1-6-8(3-9(19)20)7(2)18(17-6)12-10-11(14-4-13-10)15-5-16-12/h4-5H,3H2,1-2H3,(H,19,20)(H,13,14,15,16). The van der Waals surface area contributed by atoms with E-state index in [1.165, 1.54) is 12.7 Å². The van der Waals surface area contributed by atoms with E-state index in [9.17, 15) is 4.79 Å². The number of aromatic nitrogens is 6. The highest BCUT2D eigenvalue weighted by Crippen LogP contribution is 2.20. The van der Waals surface area contributed by atoms with E-state index in [-0.39, 0.29) is 6.42 Å². The minimum atomic E-state index is -0.884. The lowest BCUT2D eigenvalue weighted by Crippen LogP contribution is -2.05. The number of H-pyrrole nitrogens is 1. The molecule has 20 heavy (non-hydrogen) atoms. The quantitative estimate of drug-likeness (QED) is 0.729. The number of nitrogens with zero attached hydrogens (tertiary/aromatic N) is 5. The topological polar surface area (TPSA) is 110 Å². The molecule has 102 valence electrons. The molecule has 0 aliphatic heterocycles. The number of aryl methyl sites for hydroxylation is 1. The molecule has 0 spiro atoms. The van der Waals surface area contributed by atoms with Crippen LogP contribution in [0.25, 0.3) is 17.0 Å². The highest BCUT2D eigenvalue weighted by atomic mass is 16.4. The molecule has 8 heteroatoms. The predicted molar refractivity (Wildman–Crippen MR) is 69.6 cm³/mol. The lowest BCUT2D eigenvalue weighted by atomic mass is 10.1. The van der Waals surface area contributed by atoms with Crippen molar-refractivity contribution in [1.82, 2.24) is 29.7 Å². The molecule has 0 bridgehead atoms. The molecule has 0 atom stereocenters. The van der Waals surface area contributed by atoms with Crippen LogP contribution in [-0.4, -0.2) is 40.8 Å². The smallest absolute Gasteiger partial charge is 0.307 e. The first-order chi connectivity index (χ1) is 9.58. The van der Waals surface area contributed by atoms with Crippen LogP contribution in [0.3, 0.4) is 0 Å². The van der Waals surface area contributed by atoms with E-state index < -0.39 is 5.97 Å². The second-order valence-corrected chi connectivity index (χ2v) is 4.43. The molecule has 8 nitrogen and oxygen atoms in total. The monoisotopic (exact) mass is 272 g/mol. The number of hydrogen-bond donors (Lipinski definition) is 2. The van der Waals surface area contributed by atoms with Crippen LogP contribution < -0.4 is 0 Å². The van der Waals surface area contributed by atoms with Gasteiger partial charge in [-0.1, -0.05) is 0 Å². The Kier molecular flexibility index (Phi) is 2.70. The van der Waals surface area contributed by atoms with E-state index in [1.54, 1.807) is 11.6 Å². The van der Waals surface area contributed by atoms with Gasteiger partial charge in [-0.3, -0.25) is 4.79 Å². The molecule has 0 radical (unpaired) electrons. The van der Waals surface area contributed by atoms with Crippen molar-refractivity contribution < 1.29 is 9.90 Å². The summed E-state index contributed by atoms with van der Waals surface area (Å²) in [6, 6.07) is 0. The van der Waals surface area contributed by atoms with Gasteiger partial charge in [-0.15, -0.1) is 0 Å². The number of aliphatic carboxylic acids is 1. The Labute approximate surface area is 113 Å². The van der Waals surface area contributed by atoms with Gasteiger partial charge in [-0.2, -0.15) is 5.10 Å². The highest BCUT2D eigenvalue weighted by Gasteiger charge is 2.18. The average molecular weight is 272 g/mol. The van der Waals surface area contributed by atoms with Crippen molar-refractivity contribution >= 4 is 17.1 Å². The molecular formula is C12H12N6O2. The fourth-order valence-electron chi connectivity index (χ4n) is 2.20. The van der Waals surface area contributed by atoms with Gasteiger partial charge in [0.15, 0.2) is 11.5 Å². The Hall–Kier alpha value is -2.77. The molecule has 0 aromatic carbocycles. The van der Waals surface area contributed by atoms with Gasteiger partial charge in [0, 0.05) is 11.3 Å². The summed E-state index contributed by atoms with van der Waals surface area (Å²) in [4.78, 5) is 26.2. The van der Waals surface area contributed by atoms with E-state index in [1.807, 2.05) is 6.92 Å². The van der Waals surface area contributed by atoms with E-state index in [2.05, 4.69) is 25.0 Å². The van der Waals surface area contributed by atoms with Crippen molar-refractivity contribution in [2.75, 3.05) is 0 Å². The summed E-state index contributed by atoms with van der Waals surface area (Å²) in [5.41, 5.74) is 3.33. The predicted octanol–water partition coefficient (Wildman–Crippen LogP) is 0.783. The molecule has 3 aromatic rings. The molecule has 2 N–H and O–H groups in total. The van der Waals surface area contributed by atoms with Crippen molar-refractivity contribution in [2.45, 2.75) is 20.3 Å². The Morgan fingerprint density at radius 1 is 1.35 bits per heavy atom. The zero-order valence-corrected chi connectivity index (χ0v) is 11.0. The van der Waals surface area contributed by atoms with Crippen molar-refractivity contribution in [3.63, 3.8) is 0 Å². The average Bonchev–Trinajstić information content (AvgIpc) is 2.98. The third-order valence-electron chi connectivity index (χ3n) is 3.17. The molecule has 3 heterocycles. The Morgan fingerprint density at radius 3 is 2.90 bits per heavy atom. The zero-order chi connectivity index (χ0) is 14.3. The van der Waals surface area contributed by atoms with Crippen molar-refractivity contribution in [1.29, 1.82) is 0 Å². The summed E-state index contributed by atoms with van der Waals surface area (Å²) in [6.45, 7) is 3.61. The fourth-order valence-corrected chi connectivity index (χ4v) is 2.20. The van der Waals surface area contributed by atoms with Gasteiger partial charge in [0.1, 0.15) is 11.8 Å². The third-order valence-corrected chi connectivity index (χ3v) is 3.17. The highest BCUT2D eigenvalue weighted by molar-refractivity contribution is 5.77. The summed E-state index contributed by atoms with van der Waals surface area (Å²) < 4.78 is 1.62. The molecule has 0 saturated carbocycles. The number of carboxylic acid groups (broad SMARTS) is 1. The van der Waals surface area contributed by atoms with Gasteiger partial charge in [-0.25, -0.2) is 19.6 Å². The number of carbonyl (C=O) groups is 1. The van der Waals surface area contributed by atoms with Crippen LogP contribution in [-0.2, 0) is 11.2 Å². The number of aromatic amines is 1. The van der Waals surface area contributed by atoms with Gasteiger partial charge < -0.3 is 10.1 Å². The summed E-state index contributed by atoms with van der Waals surface area (Å²) in [6.07, 6.45) is 2.88. The maximum atomic E-state index is 10.9. The van der Waals surface area contributed by atoms with Crippen LogP contribution in [0.5, 0.6) is 0 Å². The largest absolute Gasteiger partial charge is 0.481 e. The number of fused-ring (bicyclic) bond motifs is 1. The first-order valence-electron chi connectivity index (χ1n) is 5.99. The first-order valence-corrected chi connectivity index (χ1v) is 5.99. The van der Waals surface area contributed by atoms with Gasteiger partial charge in [0.2, 0.25) is 0 Å². The Morgan fingerprint density at radius 2 is 2.15 bits per heavy atom. The van der Waals surface area contributed by atoms with Crippen molar-refractivity contribution in [3.05, 3.63) is 29.6 Å². The number of rotatable bonds is 3. The van der Waals surface area contributed by atoms with E-state index >= 15 is 0 Å². The van der Waals surface area contributed by atoms with Crippen molar-refractivity contribution in [2.24, 2.45) is 0 Å². The molecule has 3 aromatic heterocycles. The number of imidazole rings is 1. The summed E-state index contributed by atoms with van der Waals surface area (Å²) in [5.74, 6) is -0.324.